The van der Waals surface area contributed by atoms with Gasteiger partial charge in [0.1, 0.15) is 11.5 Å². The highest BCUT2D eigenvalue weighted by molar-refractivity contribution is 6.33. The Labute approximate surface area is 200 Å². The predicted molar refractivity (Wildman–Crippen MR) is 134 cm³/mol. The minimum absolute atomic E-state index is 0.133. The van der Waals surface area contributed by atoms with Crippen LogP contribution >= 0.6 is 11.6 Å². The number of nitrogens with two attached hydrogens (primary N) is 1. The van der Waals surface area contributed by atoms with Crippen molar-refractivity contribution in [3.05, 3.63) is 58.7 Å². The van der Waals surface area contributed by atoms with Crippen LogP contribution in [0.1, 0.15) is 15.9 Å². The molecule has 0 spiro atoms. The summed E-state index contributed by atoms with van der Waals surface area (Å²) >= 11 is 6.41. The smallest absolute Gasteiger partial charge is 0.253 e. The number of nitrogens with one attached hydrogen (secondary N) is 2. The quantitative estimate of drug-likeness (QED) is 0.396. The second-order valence-corrected chi connectivity index (χ2v) is 8.53. The molecule has 0 unspecified atom stereocenters. The molecule has 0 radical (unpaired) electrons. The van der Waals surface area contributed by atoms with Gasteiger partial charge < -0.3 is 25.7 Å². The zero-order chi connectivity index (χ0) is 24.0. The van der Waals surface area contributed by atoms with Gasteiger partial charge in [-0.3, -0.25) is 4.79 Å². The van der Waals surface area contributed by atoms with Gasteiger partial charge in [-0.05, 0) is 35.4 Å². The molecule has 1 aliphatic heterocycles. The molecule has 4 aromatic rings. The minimum atomic E-state index is -0.133. The Morgan fingerprint density at radius 1 is 1.21 bits per heavy atom. The van der Waals surface area contributed by atoms with Crippen LogP contribution in [0.25, 0.3) is 22.2 Å². The highest BCUT2D eigenvalue weighted by atomic mass is 35.5. The van der Waals surface area contributed by atoms with E-state index < -0.39 is 0 Å². The highest BCUT2D eigenvalue weighted by Gasteiger charge is 2.19. The predicted octanol–water partition coefficient (Wildman–Crippen LogP) is 4.28. The lowest BCUT2D eigenvalue weighted by Crippen LogP contribution is -2.21. The summed E-state index contributed by atoms with van der Waals surface area (Å²) in [4.78, 5) is 30.4. The van der Waals surface area contributed by atoms with Gasteiger partial charge in [0.2, 0.25) is 11.8 Å². The van der Waals surface area contributed by atoms with Crippen LogP contribution < -0.4 is 15.8 Å². The number of rotatable bonds is 5. The first-order valence-electron chi connectivity index (χ1n) is 10.5. The van der Waals surface area contributed by atoms with E-state index in [2.05, 4.69) is 25.3 Å². The first-order chi connectivity index (χ1) is 16.3. The summed E-state index contributed by atoms with van der Waals surface area (Å²) in [6.45, 7) is 0. The van der Waals surface area contributed by atoms with E-state index in [0.29, 0.717) is 46.0 Å². The molecule has 0 fully saturated rings. The molecule has 172 valence electrons. The van der Waals surface area contributed by atoms with E-state index in [-0.39, 0.29) is 5.91 Å². The number of H-pyrrole nitrogens is 1. The summed E-state index contributed by atoms with van der Waals surface area (Å²) in [5.41, 5.74) is 11.4. The number of amides is 1. The van der Waals surface area contributed by atoms with Crippen molar-refractivity contribution in [2.75, 3.05) is 26.5 Å². The average Bonchev–Trinajstić information content (AvgIpc) is 3.41. The molecular weight excluding hydrogens is 454 g/mol. The zero-order valence-electron chi connectivity index (χ0n) is 18.8. The number of aromatic nitrogens is 3. The summed E-state index contributed by atoms with van der Waals surface area (Å²) in [5.74, 6) is 1.19. The van der Waals surface area contributed by atoms with Crippen LogP contribution in [-0.2, 0) is 6.42 Å². The Bertz CT molecular complexity index is 1480. The number of carbonyl (C=O) groups is 1. The SMILES string of the molecule is COc1nc(Nc2ccc(C(=O)N(C)C)cc2Cl)nc2[nH]cc(-c3ccc4c(c3)N=C(N)C4)c12. The third-order valence-electron chi connectivity index (χ3n) is 5.59. The van der Waals surface area contributed by atoms with Crippen molar-refractivity contribution in [1.82, 2.24) is 19.9 Å². The number of carbonyl (C=O) groups excluding carboxylic acids is 1. The fourth-order valence-electron chi connectivity index (χ4n) is 3.93. The fraction of sp³-hybridized carbons (Fsp3) is 0.167. The lowest BCUT2D eigenvalue weighted by atomic mass is 10.0. The summed E-state index contributed by atoms with van der Waals surface area (Å²) in [5, 5.41) is 4.24. The molecule has 0 saturated carbocycles. The number of anilines is 2. The standard InChI is InChI=1S/C24H22ClN7O2/c1-32(2)23(33)14-6-7-17(16(25)8-14)29-24-30-21-20(22(31-24)34-3)15(11-27-21)12-4-5-13-10-19(26)28-18(13)9-12/h4-9,11H,10H2,1-3H3,(H2,26,28)(H2,27,29,30,31). The lowest BCUT2D eigenvalue weighted by Gasteiger charge is -2.13. The number of halogens is 1. The third kappa shape index (κ3) is 3.80. The van der Waals surface area contributed by atoms with Gasteiger partial charge in [0.25, 0.3) is 5.91 Å². The van der Waals surface area contributed by atoms with E-state index in [1.54, 1.807) is 39.4 Å². The summed E-state index contributed by atoms with van der Waals surface area (Å²) in [6.07, 6.45) is 2.53. The molecule has 10 heteroatoms. The maximum absolute atomic E-state index is 12.2. The molecule has 2 aromatic carbocycles. The largest absolute Gasteiger partial charge is 0.480 e. The van der Waals surface area contributed by atoms with Crippen molar-refractivity contribution in [2.24, 2.45) is 10.7 Å². The molecule has 2 aromatic heterocycles. The first-order valence-corrected chi connectivity index (χ1v) is 10.9. The fourth-order valence-corrected chi connectivity index (χ4v) is 4.16. The number of aromatic amines is 1. The molecule has 4 N–H and O–H groups in total. The summed E-state index contributed by atoms with van der Waals surface area (Å²) < 4.78 is 5.60. The van der Waals surface area contributed by atoms with Crippen molar-refractivity contribution in [2.45, 2.75) is 6.42 Å². The molecule has 0 aliphatic carbocycles. The van der Waals surface area contributed by atoms with Crippen LogP contribution in [0.15, 0.2) is 47.6 Å². The van der Waals surface area contributed by atoms with Gasteiger partial charge in [-0.15, -0.1) is 0 Å². The number of aliphatic imine (C=N–C) groups is 1. The van der Waals surface area contributed by atoms with Crippen LogP contribution in [-0.4, -0.2) is 52.8 Å². The van der Waals surface area contributed by atoms with Crippen molar-refractivity contribution in [3.8, 4) is 17.0 Å². The molecule has 0 saturated heterocycles. The van der Waals surface area contributed by atoms with E-state index in [4.69, 9.17) is 22.1 Å². The van der Waals surface area contributed by atoms with Crippen LogP contribution in [0.3, 0.4) is 0 Å². The molecule has 0 atom stereocenters. The number of hydrogen-bond acceptors (Lipinski definition) is 7. The van der Waals surface area contributed by atoms with E-state index >= 15 is 0 Å². The number of fused-ring (bicyclic) bond motifs is 2. The topological polar surface area (TPSA) is 122 Å². The Morgan fingerprint density at radius 2 is 2.03 bits per heavy atom. The second kappa shape index (κ2) is 8.35. The van der Waals surface area contributed by atoms with E-state index in [0.717, 1.165) is 27.8 Å². The molecule has 34 heavy (non-hydrogen) atoms. The number of nitrogens with zero attached hydrogens (tertiary/aromatic N) is 4. The molecule has 0 bridgehead atoms. The highest BCUT2D eigenvalue weighted by Crippen LogP contribution is 2.38. The number of hydrogen-bond donors (Lipinski definition) is 3. The van der Waals surface area contributed by atoms with Crippen LogP contribution in [0.5, 0.6) is 5.88 Å². The monoisotopic (exact) mass is 475 g/mol. The molecule has 1 amide bonds. The van der Waals surface area contributed by atoms with Gasteiger partial charge in [0.15, 0.2) is 0 Å². The molecule has 5 rings (SSSR count). The van der Waals surface area contributed by atoms with Gasteiger partial charge in [0.05, 0.1) is 28.9 Å². The minimum Gasteiger partial charge on any atom is -0.480 e. The molecular formula is C24H22ClN7O2. The van der Waals surface area contributed by atoms with Crippen molar-refractivity contribution >= 4 is 51.7 Å². The van der Waals surface area contributed by atoms with Gasteiger partial charge >= 0.3 is 0 Å². The maximum atomic E-state index is 12.2. The summed E-state index contributed by atoms with van der Waals surface area (Å²) in [6, 6.07) is 11.1. The summed E-state index contributed by atoms with van der Waals surface area (Å²) in [7, 11) is 4.94. The van der Waals surface area contributed by atoms with Crippen LogP contribution in [0.4, 0.5) is 17.3 Å². The van der Waals surface area contributed by atoms with Crippen molar-refractivity contribution < 1.29 is 9.53 Å². The zero-order valence-corrected chi connectivity index (χ0v) is 19.6. The van der Waals surface area contributed by atoms with Gasteiger partial charge in [-0.1, -0.05) is 23.7 Å². The van der Waals surface area contributed by atoms with E-state index in [9.17, 15) is 4.79 Å². The maximum Gasteiger partial charge on any atom is 0.253 e. The first kappa shape index (κ1) is 21.7. The van der Waals surface area contributed by atoms with Crippen molar-refractivity contribution in [3.63, 3.8) is 0 Å². The van der Waals surface area contributed by atoms with Crippen LogP contribution in [0.2, 0.25) is 5.02 Å². The number of methoxy groups -OCH3 is 1. The molecule has 3 heterocycles. The molecule has 1 aliphatic rings. The van der Waals surface area contributed by atoms with Gasteiger partial charge in [-0.2, -0.15) is 9.97 Å². The average molecular weight is 476 g/mol. The lowest BCUT2D eigenvalue weighted by molar-refractivity contribution is 0.0827. The van der Waals surface area contributed by atoms with Gasteiger partial charge in [-0.25, -0.2) is 4.99 Å². The molecule has 9 nitrogen and oxygen atoms in total. The van der Waals surface area contributed by atoms with E-state index in [1.165, 1.54) is 4.90 Å². The Morgan fingerprint density at radius 3 is 2.76 bits per heavy atom. The van der Waals surface area contributed by atoms with E-state index in [1.807, 2.05) is 24.4 Å². The van der Waals surface area contributed by atoms with Gasteiger partial charge in [0, 0.05) is 37.8 Å². The Balaban J connectivity index is 1.50. The Kier molecular flexibility index (Phi) is 5.33. The Hall–Kier alpha value is -4.11. The van der Waals surface area contributed by atoms with Crippen LogP contribution in [0, 0.1) is 0 Å². The van der Waals surface area contributed by atoms with Crippen molar-refractivity contribution in [1.29, 1.82) is 0 Å². The number of benzene rings is 2. The normalized spacial score (nSPS) is 12.4. The second-order valence-electron chi connectivity index (χ2n) is 8.13. The number of amidine groups is 1. The third-order valence-corrected chi connectivity index (χ3v) is 5.91. The number of ether oxygens (including phenoxy) is 1.